The summed E-state index contributed by atoms with van der Waals surface area (Å²) in [5.41, 5.74) is 1.69. The smallest absolute Gasteiger partial charge is 0.266 e. The molecule has 1 aliphatic heterocycles. The van der Waals surface area contributed by atoms with Crippen molar-refractivity contribution in [3.05, 3.63) is 101 Å². The summed E-state index contributed by atoms with van der Waals surface area (Å²) in [4.78, 5) is 38.8. The van der Waals surface area contributed by atoms with E-state index in [0.717, 1.165) is 10.5 Å². The second-order valence-electron chi connectivity index (χ2n) is 6.81. The standard InChI is InChI=1S/C23H16F2N2O3/c24-16-4-1-14(2-5-16)11-12-26-21(28)15-3-10-19-20(13-15)23(30)27(22(19)29)18-8-6-17(25)7-9-18/h1-10,13H,11-12H2,(H,26,28). The lowest BCUT2D eigenvalue weighted by Gasteiger charge is -2.13. The van der Waals surface area contributed by atoms with Gasteiger partial charge in [-0.1, -0.05) is 12.1 Å². The van der Waals surface area contributed by atoms with Crippen molar-refractivity contribution in [3.8, 4) is 0 Å². The Bertz CT molecular complexity index is 1140. The summed E-state index contributed by atoms with van der Waals surface area (Å²) in [6.07, 6.45) is 0.521. The molecule has 150 valence electrons. The number of anilines is 1. The zero-order valence-corrected chi connectivity index (χ0v) is 15.7. The van der Waals surface area contributed by atoms with E-state index in [0.29, 0.717) is 13.0 Å². The molecule has 3 aromatic rings. The number of carbonyl (C=O) groups excluding carboxylic acids is 3. The highest BCUT2D eigenvalue weighted by molar-refractivity contribution is 6.34. The molecule has 0 spiro atoms. The predicted molar refractivity (Wildman–Crippen MR) is 106 cm³/mol. The maximum atomic E-state index is 13.2. The maximum Gasteiger partial charge on any atom is 0.266 e. The molecule has 0 unspecified atom stereocenters. The molecule has 0 atom stereocenters. The van der Waals surface area contributed by atoms with Gasteiger partial charge in [0.2, 0.25) is 0 Å². The summed E-state index contributed by atoms with van der Waals surface area (Å²) in [5, 5.41) is 2.74. The van der Waals surface area contributed by atoms with Crippen molar-refractivity contribution in [1.82, 2.24) is 5.32 Å². The van der Waals surface area contributed by atoms with Gasteiger partial charge in [-0.15, -0.1) is 0 Å². The van der Waals surface area contributed by atoms with E-state index in [2.05, 4.69) is 5.32 Å². The molecule has 0 radical (unpaired) electrons. The number of benzene rings is 3. The van der Waals surface area contributed by atoms with E-state index in [1.807, 2.05) is 0 Å². The lowest BCUT2D eigenvalue weighted by molar-refractivity contribution is 0.0923. The van der Waals surface area contributed by atoms with Crippen LogP contribution in [0.15, 0.2) is 66.7 Å². The quantitative estimate of drug-likeness (QED) is 0.657. The van der Waals surface area contributed by atoms with Gasteiger partial charge in [0, 0.05) is 12.1 Å². The van der Waals surface area contributed by atoms with Gasteiger partial charge >= 0.3 is 0 Å². The molecule has 1 aliphatic rings. The Morgan fingerprint density at radius 3 is 2.07 bits per heavy atom. The van der Waals surface area contributed by atoms with Crippen LogP contribution in [0, 0.1) is 11.6 Å². The number of nitrogens with one attached hydrogen (secondary N) is 1. The number of hydrogen-bond donors (Lipinski definition) is 1. The largest absolute Gasteiger partial charge is 0.352 e. The first kappa shape index (κ1) is 19.4. The van der Waals surface area contributed by atoms with Crippen molar-refractivity contribution in [2.45, 2.75) is 6.42 Å². The summed E-state index contributed by atoms with van der Waals surface area (Å²) in [5.74, 6) is -2.28. The van der Waals surface area contributed by atoms with Crippen molar-refractivity contribution in [2.24, 2.45) is 0 Å². The molecule has 5 nitrogen and oxygen atoms in total. The second kappa shape index (κ2) is 7.87. The van der Waals surface area contributed by atoms with Crippen LogP contribution in [-0.2, 0) is 6.42 Å². The summed E-state index contributed by atoms with van der Waals surface area (Å²) in [7, 11) is 0. The van der Waals surface area contributed by atoms with Crippen LogP contribution < -0.4 is 10.2 Å². The van der Waals surface area contributed by atoms with Crippen LogP contribution in [0.4, 0.5) is 14.5 Å². The van der Waals surface area contributed by atoms with Gasteiger partial charge in [-0.25, -0.2) is 13.7 Å². The topological polar surface area (TPSA) is 66.5 Å². The second-order valence-corrected chi connectivity index (χ2v) is 6.81. The van der Waals surface area contributed by atoms with Crippen molar-refractivity contribution in [2.75, 3.05) is 11.4 Å². The van der Waals surface area contributed by atoms with Gasteiger partial charge in [-0.2, -0.15) is 0 Å². The molecule has 3 aromatic carbocycles. The molecular formula is C23H16F2N2O3. The lowest BCUT2D eigenvalue weighted by atomic mass is 10.1. The highest BCUT2D eigenvalue weighted by atomic mass is 19.1. The molecule has 30 heavy (non-hydrogen) atoms. The van der Waals surface area contributed by atoms with E-state index in [9.17, 15) is 23.2 Å². The number of rotatable bonds is 5. The fraction of sp³-hybridized carbons (Fsp3) is 0.0870. The summed E-state index contributed by atoms with van der Waals surface area (Å²) < 4.78 is 26.1. The van der Waals surface area contributed by atoms with Gasteiger partial charge in [-0.3, -0.25) is 14.4 Å². The van der Waals surface area contributed by atoms with Crippen LogP contribution in [-0.4, -0.2) is 24.3 Å². The third kappa shape index (κ3) is 3.69. The van der Waals surface area contributed by atoms with Crippen LogP contribution in [0.5, 0.6) is 0 Å². The summed E-state index contributed by atoms with van der Waals surface area (Å²) in [6, 6.07) is 15.3. The molecule has 0 fully saturated rings. The van der Waals surface area contributed by atoms with E-state index >= 15 is 0 Å². The van der Waals surface area contributed by atoms with Crippen molar-refractivity contribution in [1.29, 1.82) is 0 Å². The highest BCUT2D eigenvalue weighted by Gasteiger charge is 2.37. The fourth-order valence-electron chi connectivity index (χ4n) is 3.28. The van der Waals surface area contributed by atoms with Gasteiger partial charge < -0.3 is 5.32 Å². The minimum Gasteiger partial charge on any atom is -0.352 e. The van der Waals surface area contributed by atoms with Gasteiger partial charge in [-0.05, 0) is 66.6 Å². The van der Waals surface area contributed by atoms with Crippen molar-refractivity contribution < 1.29 is 23.2 Å². The van der Waals surface area contributed by atoms with Crippen LogP contribution in [0.3, 0.4) is 0 Å². The summed E-state index contributed by atoms with van der Waals surface area (Å²) in [6.45, 7) is 0.329. The fourth-order valence-corrected chi connectivity index (χ4v) is 3.28. The molecule has 0 saturated carbocycles. The Morgan fingerprint density at radius 2 is 1.40 bits per heavy atom. The normalized spacial score (nSPS) is 12.8. The molecule has 0 aromatic heterocycles. The Labute approximate surface area is 170 Å². The number of fused-ring (bicyclic) bond motifs is 1. The highest BCUT2D eigenvalue weighted by Crippen LogP contribution is 2.29. The van der Waals surface area contributed by atoms with Crippen LogP contribution in [0.1, 0.15) is 36.6 Å². The van der Waals surface area contributed by atoms with E-state index in [1.54, 1.807) is 12.1 Å². The molecule has 3 amide bonds. The van der Waals surface area contributed by atoms with Gasteiger partial charge in [0.15, 0.2) is 0 Å². The predicted octanol–water partition coefficient (Wildman–Crippen LogP) is 3.74. The van der Waals surface area contributed by atoms with Crippen molar-refractivity contribution in [3.63, 3.8) is 0 Å². The third-order valence-corrected chi connectivity index (χ3v) is 4.85. The number of carbonyl (C=O) groups is 3. The lowest BCUT2D eigenvalue weighted by Crippen LogP contribution is -2.29. The number of imide groups is 1. The molecule has 0 saturated heterocycles. The zero-order valence-electron chi connectivity index (χ0n) is 15.7. The van der Waals surface area contributed by atoms with Gasteiger partial charge in [0.25, 0.3) is 17.7 Å². The van der Waals surface area contributed by atoms with Gasteiger partial charge in [0.05, 0.1) is 16.8 Å². The first-order valence-electron chi connectivity index (χ1n) is 9.25. The Morgan fingerprint density at radius 1 is 0.800 bits per heavy atom. The molecule has 1 heterocycles. The first-order chi connectivity index (χ1) is 14.4. The summed E-state index contributed by atoms with van der Waals surface area (Å²) >= 11 is 0. The minimum atomic E-state index is -0.567. The zero-order chi connectivity index (χ0) is 21.3. The number of amides is 3. The molecule has 7 heteroatoms. The van der Waals surface area contributed by atoms with E-state index in [-0.39, 0.29) is 34.1 Å². The maximum absolute atomic E-state index is 13.2. The molecular weight excluding hydrogens is 390 g/mol. The number of nitrogens with zero attached hydrogens (tertiary/aromatic N) is 1. The third-order valence-electron chi connectivity index (χ3n) is 4.85. The SMILES string of the molecule is O=C(NCCc1ccc(F)cc1)c1ccc2c(c1)C(=O)N(c1ccc(F)cc1)C2=O. The minimum absolute atomic E-state index is 0.121. The van der Waals surface area contributed by atoms with Crippen molar-refractivity contribution >= 4 is 23.4 Å². The number of halogens is 2. The number of hydrogen-bond acceptors (Lipinski definition) is 3. The first-order valence-corrected chi connectivity index (χ1v) is 9.25. The van der Waals surface area contributed by atoms with Crippen LogP contribution >= 0.6 is 0 Å². The van der Waals surface area contributed by atoms with Gasteiger partial charge in [0.1, 0.15) is 11.6 Å². The molecule has 4 rings (SSSR count). The van der Waals surface area contributed by atoms with Crippen LogP contribution in [0.2, 0.25) is 0 Å². The Kier molecular flexibility index (Phi) is 5.10. The van der Waals surface area contributed by atoms with E-state index in [1.165, 1.54) is 54.6 Å². The van der Waals surface area contributed by atoms with E-state index in [4.69, 9.17) is 0 Å². The monoisotopic (exact) mass is 406 g/mol. The average Bonchev–Trinajstić information content (AvgIpc) is 3.00. The van der Waals surface area contributed by atoms with E-state index < -0.39 is 17.6 Å². The molecule has 0 bridgehead atoms. The van der Waals surface area contributed by atoms with Crippen LogP contribution in [0.25, 0.3) is 0 Å². The average molecular weight is 406 g/mol. The molecule has 1 N–H and O–H groups in total. The Hall–Kier alpha value is -3.87. The Balaban J connectivity index is 1.47. The molecule has 0 aliphatic carbocycles.